The molecule has 6 nitrogen and oxygen atoms in total. The number of aromatic amines is 2. The van der Waals surface area contributed by atoms with Crippen LogP contribution in [-0.2, 0) is 6.54 Å². The Morgan fingerprint density at radius 2 is 1.81 bits per heavy atom. The van der Waals surface area contributed by atoms with E-state index in [1.54, 1.807) is 23.1 Å². The standard InChI is InChI=1S/C19H15ClFN3O3/c20-13-2-1-3-14(21)12(13)9-24(11-5-6-11)19(27)10-4-7-15-16(8-10)23-18(26)17(25)22-15/h1-4,7-8,11H,5-6,9H2,(H,22,25)(H,23,26). The number of hydrogen-bond donors (Lipinski definition) is 2. The summed E-state index contributed by atoms with van der Waals surface area (Å²) in [6.07, 6.45) is 1.69. The fraction of sp³-hybridized carbons (Fsp3) is 0.211. The molecule has 1 aliphatic rings. The molecule has 27 heavy (non-hydrogen) atoms. The maximum Gasteiger partial charge on any atom is 0.314 e. The van der Waals surface area contributed by atoms with Gasteiger partial charge < -0.3 is 14.9 Å². The molecule has 1 amide bonds. The maximum absolute atomic E-state index is 14.2. The zero-order chi connectivity index (χ0) is 19.1. The van der Waals surface area contributed by atoms with Gasteiger partial charge in [0.2, 0.25) is 0 Å². The van der Waals surface area contributed by atoms with E-state index in [-0.39, 0.29) is 29.1 Å². The molecule has 0 atom stereocenters. The molecular formula is C19H15ClFN3O3. The van der Waals surface area contributed by atoms with Gasteiger partial charge in [-0.3, -0.25) is 14.4 Å². The van der Waals surface area contributed by atoms with Crippen molar-refractivity contribution in [3.05, 3.63) is 79.1 Å². The molecule has 1 heterocycles. The molecule has 1 aliphatic carbocycles. The van der Waals surface area contributed by atoms with Gasteiger partial charge in [0.1, 0.15) is 5.82 Å². The van der Waals surface area contributed by atoms with Gasteiger partial charge in [-0.25, -0.2) is 4.39 Å². The fourth-order valence-corrected chi connectivity index (χ4v) is 3.24. The second-order valence-corrected chi connectivity index (χ2v) is 6.94. The molecule has 0 saturated heterocycles. The summed E-state index contributed by atoms with van der Waals surface area (Å²) in [6.45, 7) is 0.0647. The van der Waals surface area contributed by atoms with Gasteiger partial charge in [0.05, 0.1) is 17.6 Å². The molecule has 1 aromatic heterocycles. The van der Waals surface area contributed by atoms with Crippen molar-refractivity contribution in [1.29, 1.82) is 0 Å². The van der Waals surface area contributed by atoms with Crippen molar-refractivity contribution >= 4 is 28.5 Å². The number of nitrogens with zero attached hydrogens (tertiary/aromatic N) is 1. The first kappa shape index (κ1) is 17.5. The van der Waals surface area contributed by atoms with E-state index in [1.807, 2.05) is 0 Å². The van der Waals surface area contributed by atoms with Crippen molar-refractivity contribution in [3.8, 4) is 0 Å². The lowest BCUT2D eigenvalue weighted by molar-refractivity contribution is 0.0728. The van der Waals surface area contributed by atoms with Crippen LogP contribution in [0, 0.1) is 5.82 Å². The molecule has 8 heteroatoms. The zero-order valence-electron chi connectivity index (χ0n) is 14.1. The Morgan fingerprint density at radius 3 is 2.48 bits per heavy atom. The van der Waals surface area contributed by atoms with Gasteiger partial charge in [0.15, 0.2) is 0 Å². The van der Waals surface area contributed by atoms with Crippen molar-refractivity contribution in [2.45, 2.75) is 25.4 Å². The molecule has 0 aliphatic heterocycles. The van der Waals surface area contributed by atoms with E-state index in [0.29, 0.717) is 16.6 Å². The van der Waals surface area contributed by atoms with Crippen LogP contribution in [0.5, 0.6) is 0 Å². The molecule has 138 valence electrons. The monoisotopic (exact) mass is 387 g/mol. The molecule has 0 radical (unpaired) electrons. The van der Waals surface area contributed by atoms with E-state index in [1.165, 1.54) is 18.2 Å². The number of aromatic nitrogens is 2. The largest absolute Gasteiger partial charge is 0.331 e. The quantitative estimate of drug-likeness (QED) is 0.675. The van der Waals surface area contributed by atoms with E-state index in [4.69, 9.17) is 11.6 Å². The first-order valence-corrected chi connectivity index (χ1v) is 8.82. The predicted molar refractivity (Wildman–Crippen MR) is 99.5 cm³/mol. The Bertz CT molecular complexity index is 1150. The fourth-order valence-electron chi connectivity index (χ4n) is 3.02. The number of H-pyrrole nitrogens is 2. The van der Waals surface area contributed by atoms with Crippen molar-refractivity contribution in [3.63, 3.8) is 0 Å². The lowest BCUT2D eigenvalue weighted by Crippen LogP contribution is -2.33. The van der Waals surface area contributed by atoms with Crippen LogP contribution < -0.4 is 11.1 Å². The number of benzene rings is 2. The number of carbonyl (C=O) groups is 1. The molecular weight excluding hydrogens is 373 g/mol. The average molecular weight is 388 g/mol. The molecule has 1 fully saturated rings. The van der Waals surface area contributed by atoms with E-state index in [2.05, 4.69) is 9.97 Å². The number of rotatable bonds is 4. The number of fused-ring (bicyclic) bond motifs is 1. The van der Waals surface area contributed by atoms with Gasteiger partial charge in [-0.1, -0.05) is 17.7 Å². The lowest BCUT2D eigenvalue weighted by atomic mass is 10.1. The summed E-state index contributed by atoms with van der Waals surface area (Å²) >= 11 is 6.11. The molecule has 0 spiro atoms. The van der Waals surface area contributed by atoms with Gasteiger partial charge in [0, 0.05) is 22.2 Å². The van der Waals surface area contributed by atoms with E-state index < -0.39 is 16.9 Å². The van der Waals surface area contributed by atoms with Crippen LogP contribution in [-0.4, -0.2) is 26.8 Å². The second kappa shape index (κ2) is 6.66. The molecule has 2 aromatic carbocycles. The van der Waals surface area contributed by atoms with E-state index >= 15 is 0 Å². The Kier molecular flexibility index (Phi) is 4.31. The topological polar surface area (TPSA) is 86.0 Å². The maximum atomic E-state index is 14.2. The Morgan fingerprint density at radius 1 is 1.11 bits per heavy atom. The number of carbonyl (C=O) groups excluding carboxylic acids is 1. The summed E-state index contributed by atoms with van der Waals surface area (Å²) in [5.41, 5.74) is -0.154. The minimum atomic E-state index is -0.788. The molecule has 3 aromatic rings. The highest BCUT2D eigenvalue weighted by atomic mass is 35.5. The Hall–Kier alpha value is -2.93. The number of halogens is 2. The van der Waals surface area contributed by atoms with Crippen LogP contribution in [0.2, 0.25) is 5.02 Å². The first-order chi connectivity index (χ1) is 12.9. The normalized spacial score (nSPS) is 13.7. The van der Waals surface area contributed by atoms with Crippen LogP contribution in [0.4, 0.5) is 4.39 Å². The second-order valence-electron chi connectivity index (χ2n) is 6.53. The van der Waals surface area contributed by atoms with E-state index in [9.17, 15) is 18.8 Å². The smallest absolute Gasteiger partial charge is 0.314 e. The minimum absolute atomic E-state index is 0.0264. The number of hydrogen-bond acceptors (Lipinski definition) is 3. The molecule has 2 N–H and O–H groups in total. The highest BCUT2D eigenvalue weighted by Gasteiger charge is 2.34. The predicted octanol–water partition coefficient (Wildman–Crippen LogP) is 2.81. The summed E-state index contributed by atoms with van der Waals surface area (Å²) in [5.74, 6) is -0.743. The minimum Gasteiger partial charge on any atom is -0.331 e. The van der Waals surface area contributed by atoms with Crippen LogP contribution in [0.1, 0.15) is 28.8 Å². The highest BCUT2D eigenvalue weighted by Crippen LogP contribution is 2.32. The lowest BCUT2D eigenvalue weighted by Gasteiger charge is -2.23. The SMILES string of the molecule is O=C(c1ccc2[nH]c(=O)c(=O)[nH]c2c1)N(Cc1c(F)cccc1Cl)C1CC1. The summed E-state index contributed by atoms with van der Waals surface area (Å²) in [7, 11) is 0. The first-order valence-electron chi connectivity index (χ1n) is 8.44. The summed E-state index contributed by atoms with van der Waals surface area (Å²) in [6, 6.07) is 9.08. The van der Waals surface area contributed by atoms with Crippen LogP contribution in [0.25, 0.3) is 11.0 Å². The molecule has 4 rings (SSSR count). The Labute approximate surface area is 157 Å². The molecule has 0 unspecified atom stereocenters. The van der Waals surface area contributed by atoms with Gasteiger partial charge >= 0.3 is 11.1 Å². The third-order valence-electron chi connectivity index (χ3n) is 4.61. The van der Waals surface area contributed by atoms with Crippen LogP contribution in [0.15, 0.2) is 46.0 Å². The zero-order valence-corrected chi connectivity index (χ0v) is 14.8. The van der Waals surface area contributed by atoms with Crippen molar-refractivity contribution < 1.29 is 9.18 Å². The van der Waals surface area contributed by atoms with Gasteiger partial charge in [0.25, 0.3) is 5.91 Å². The van der Waals surface area contributed by atoms with Gasteiger partial charge in [-0.05, 0) is 43.2 Å². The highest BCUT2D eigenvalue weighted by molar-refractivity contribution is 6.31. The van der Waals surface area contributed by atoms with Gasteiger partial charge in [-0.2, -0.15) is 0 Å². The summed E-state index contributed by atoms with van der Waals surface area (Å²) < 4.78 is 14.2. The number of amides is 1. The van der Waals surface area contributed by atoms with Gasteiger partial charge in [-0.15, -0.1) is 0 Å². The van der Waals surface area contributed by atoms with Crippen molar-refractivity contribution in [2.75, 3.05) is 0 Å². The summed E-state index contributed by atoms with van der Waals surface area (Å²) in [5, 5.41) is 0.272. The Balaban J connectivity index is 1.70. The third kappa shape index (κ3) is 3.38. The van der Waals surface area contributed by atoms with Crippen molar-refractivity contribution in [2.24, 2.45) is 0 Å². The van der Waals surface area contributed by atoms with Crippen LogP contribution in [0.3, 0.4) is 0 Å². The van der Waals surface area contributed by atoms with E-state index in [0.717, 1.165) is 12.8 Å². The average Bonchev–Trinajstić information content (AvgIpc) is 3.47. The number of nitrogens with one attached hydrogen (secondary N) is 2. The third-order valence-corrected chi connectivity index (χ3v) is 4.96. The molecule has 1 saturated carbocycles. The molecule has 0 bridgehead atoms. The van der Waals surface area contributed by atoms with Crippen LogP contribution >= 0.6 is 11.6 Å². The van der Waals surface area contributed by atoms with Crippen molar-refractivity contribution in [1.82, 2.24) is 14.9 Å². The summed E-state index contributed by atoms with van der Waals surface area (Å²) in [4.78, 5) is 42.5.